The van der Waals surface area contributed by atoms with Gasteiger partial charge in [0.05, 0.1) is 5.52 Å². The van der Waals surface area contributed by atoms with Crippen LogP contribution in [0.4, 0.5) is 0 Å². The van der Waals surface area contributed by atoms with Gasteiger partial charge in [-0.05, 0) is 32.0 Å². The fourth-order valence-corrected chi connectivity index (χ4v) is 3.22. The van der Waals surface area contributed by atoms with Crippen molar-refractivity contribution in [1.82, 2.24) is 9.88 Å². The Morgan fingerprint density at radius 1 is 1.22 bits per heavy atom. The summed E-state index contributed by atoms with van der Waals surface area (Å²) in [6.45, 7) is 10.0. The van der Waals surface area contributed by atoms with Crippen molar-refractivity contribution in [2.24, 2.45) is 7.05 Å². The van der Waals surface area contributed by atoms with Crippen LogP contribution in [0.5, 0.6) is 0 Å². The summed E-state index contributed by atoms with van der Waals surface area (Å²) in [5, 5.41) is 4.71. The van der Waals surface area contributed by atoms with Gasteiger partial charge in [0.15, 0.2) is 0 Å². The van der Waals surface area contributed by atoms with Gasteiger partial charge in [-0.3, -0.25) is 0 Å². The first-order valence-corrected chi connectivity index (χ1v) is 6.60. The van der Waals surface area contributed by atoms with E-state index in [4.69, 9.17) is 0 Å². The average molecular weight is 244 g/mol. The van der Waals surface area contributed by atoms with Gasteiger partial charge >= 0.3 is 0 Å². The van der Waals surface area contributed by atoms with Crippen molar-refractivity contribution in [2.75, 3.05) is 13.6 Å². The Bertz CT molecular complexity index is 576. The number of nitrogens with one attached hydrogen (secondary N) is 1. The van der Waals surface area contributed by atoms with Crippen LogP contribution in [0.1, 0.15) is 30.7 Å². The molecule has 0 atom stereocenters. The molecule has 0 saturated carbocycles. The molecule has 2 rings (SSSR count). The smallest absolute Gasteiger partial charge is 0.0512 e. The highest BCUT2D eigenvalue weighted by atomic mass is 15.0. The molecule has 2 nitrogen and oxygen atoms in total. The minimum Gasteiger partial charge on any atom is -0.347 e. The van der Waals surface area contributed by atoms with Crippen LogP contribution >= 0.6 is 0 Å². The van der Waals surface area contributed by atoms with E-state index in [9.17, 15) is 0 Å². The van der Waals surface area contributed by atoms with Crippen LogP contribution in [0.15, 0.2) is 18.2 Å². The highest BCUT2D eigenvalue weighted by Crippen LogP contribution is 2.35. The lowest BCUT2D eigenvalue weighted by atomic mass is 9.82. The molecule has 2 heteroatoms. The van der Waals surface area contributed by atoms with E-state index in [1.807, 2.05) is 7.05 Å². The number of hydrogen-bond donors (Lipinski definition) is 1. The van der Waals surface area contributed by atoms with Crippen molar-refractivity contribution in [2.45, 2.75) is 33.1 Å². The maximum absolute atomic E-state index is 3.31. The Morgan fingerprint density at radius 2 is 1.89 bits per heavy atom. The van der Waals surface area contributed by atoms with Crippen molar-refractivity contribution < 1.29 is 0 Å². The number of aromatic nitrogens is 1. The molecular formula is C16H24N2. The minimum atomic E-state index is 0.145. The first kappa shape index (κ1) is 13.2. The highest BCUT2D eigenvalue weighted by molar-refractivity contribution is 5.89. The van der Waals surface area contributed by atoms with E-state index in [0.29, 0.717) is 0 Å². The van der Waals surface area contributed by atoms with Gasteiger partial charge in [0.2, 0.25) is 0 Å². The van der Waals surface area contributed by atoms with Gasteiger partial charge in [0, 0.05) is 30.1 Å². The topological polar surface area (TPSA) is 17.0 Å². The van der Waals surface area contributed by atoms with Gasteiger partial charge in [0.25, 0.3) is 0 Å². The van der Waals surface area contributed by atoms with Crippen LogP contribution in [-0.4, -0.2) is 18.2 Å². The minimum absolute atomic E-state index is 0.145. The van der Waals surface area contributed by atoms with E-state index in [1.54, 1.807) is 0 Å². The van der Waals surface area contributed by atoms with E-state index in [0.717, 1.165) is 6.54 Å². The number of benzene rings is 1. The quantitative estimate of drug-likeness (QED) is 0.876. The van der Waals surface area contributed by atoms with Gasteiger partial charge in [-0.15, -0.1) is 0 Å². The van der Waals surface area contributed by atoms with Crippen molar-refractivity contribution in [3.63, 3.8) is 0 Å². The van der Waals surface area contributed by atoms with Crippen LogP contribution in [0.3, 0.4) is 0 Å². The first-order valence-electron chi connectivity index (χ1n) is 6.60. The fourth-order valence-electron chi connectivity index (χ4n) is 3.22. The Kier molecular flexibility index (Phi) is 3.24. The van der Waals surface area contributed by atoms with E-state index < -0.39 is 0 Å². The molecule has 1 heterocycles. The molecule has 0 fully saturated rings. The predicted octanol–water partition coefficient (Wildman–Crippen LogP) is 3.29. The zero-order chi connectivity index (χ0) is 13.5. The van der Waals surface area contributed by atoms with Gasteiger partial charge in [0.1, 0.15) is 0 Å². The van der Waals surface area contributed by atoms with Crippen LogP contribution < -0.4 is 5.32 Å². The van der Waals surface area contributed by atoms with Crippen molar-refractivity contribution >= 4 is 10.9 Å². The van der Waals surface area contributed by atoms with Crippen molar-refractivity contribution in [3.05, 3.63) is 35.0 Å². The summed E-state index contributed by atoms with van der Waals surface area (Å²) in [5.74, 6) is 0. The number of aryl methyl sites for hydroxylation is 2. The molecule has 0 bridgehead atoms. The first-order chi connectivity index (χ1) is 8.40. The molecule has 18 heavy (non-hydrogen) atoms. The summed E-state index contributed by atoms with van der Waals surface area (Å²) in [5.41, 5.74) is 5.71. The van der Waals surface area contributed by atoms with E-state index in [2.05, 4.69) is 62.8 Å². The van der Waals surface area contributed by atoms with Gasteiger partial charge < -0.3 is 9.88 Å². The number of rotatable bonds is 3. The molecule has 1 N–H and O–H groups in total. The molecule has 0 aliphatic heterocycles. The van der Waals surface area contributed by atoms with Crippen molar-refractivity contribution in [1.29, 1.82) is 0 Å². The Hall–Kier alpha value is -1.28. The Morgan fingerprint density at radius 3 is 2.50 bits per heavy atom. The number of hydrogen-bond acceptors (Lipinski definition) is 1. The molecule has 0 aliphatic rings. The number of fused-ring (bicyclic) bond motifs is 1. The summed E-state index contributed by atoms with van der Waals surface area (Å²) in [4.78, 5) is 0. The average Bonchev–Trinajstić information content (AvgIpc) is 2.53. The van der Waals surface area contributed by atoms with Crippen LogP contribution in [-0.2, 0) is 12.5 Å². The molecular weight excluding hydrogens is 220 g/mol. The third-order valence-corrected chi connectivity index (χ3v) is 4.00. The Labute approximate surface area is 110 Å². The van der Waals surface area contributed by atoms with Crippen LogP contribution in [0.2, 0.25) is 0 Å². The number of para-hydroxylation sites is 1. The number of nitrogens with zero attached hydrogens (tertiary/aromatic N) is 1. The lowest BCUT2D eigenvalue weighted by Crippen LogP contribution is -2.31. The molecule has 1 aromatic carbocycles. The zero-order valence-electron chi connectivity index (χ0n) is 12.4. The second kappa shape index (κ2) is 4.43. The van der Waals surface area contributed by atoms with E-state index in [1.165, 1.54) is 27.7 Å². The SMILES string of the molecule is CNCC(C)(C)c1c(C)n(C)c2c(C)cccc12. The highest BCUT2D eigenvalue weighted by Gasteiger charge is 2.27. The fraction of sp³-hybridized carbons (Fsp3) is 0.500. The summed E-state index contributed by atoms with van der Waals surface area (Å²) in [6.07, 6.45) is 0. The standard InChI is InChI=1S/C16H24N2/c1-11-8-7-9-13-14(16(3,4)10-17-5)12(2)18(6)15(11)13/h7-9,17H,10H2,1-6H3. The Balaban J connectivity index is 2.80. The summed E-state index contributed by atoms with van der Waals surface area (Å²) in [7, 11) is 4.19. The second-order valence-corrected chi connectivity index (χ2v) is 5.90. The lowest BCUT2D eigenvalue weighted by molar-refractivity contribution is 0.493. The molecule has 0 saturated heterocycles. The summed E-state index contributed by atoms with van der Waals surface area (Å²) >= 11 is 0. The second-order valence-electron chi connectivity index (χ2n) is 5.90. The zero-order valence-corrected chi connectivity index (χ0v) is 12.4. The van der Waals surface area contributed by atoms with Gasteiger partial charge in [-0.2, -0.15) is 0 Å². The largest absolute Gasteiger partial charge is 0.347 e. The molecule has 0 aliphatic carbocycles. The predicted molar refractivity (Wildman–Crippen MR) is 79.3 cm³/mol. The summed E-state index contributed by atoms with van der Waals surface area (Å²) < 4.78 is 2.33. The van der Waals surface area contributed by atoms with Crippen LogP contribution in [0.25, 0.3) is 10.9 Å². The van der Waals surface area contributed by atoms with E-state index in [-0.39, 0.29) is 5.41 Å². The normalized spacial score (nSPS) is 12.3. The molecule has 98 valence electrons. The lowest BCUT2D eigenvalue weighted by Gasteiger charge is -2.25. The molecule has 0 unspecified atom stereocenters. The van der Waals surface area contributed by atoms with E-state index >= 15 is 0 Å². The monoisotopic (exact) mass is 244 g/mol. The van der Waals surface area contributed by atoms with Crippen molar-refractivity contribution in [3.8, 4) is 0 Å². The maximum Gasteiger partial charge on any atom is 0.0512 e. The third-order valence-electron chi connectivity index (χ3n) is 4.00. The molecule has 0 spiro atoms. The van der Waals surface area contributed by atoms with Gasteiger partial charge in [-0.1, -0.05) is 32.0 Å². The summed E-state index contributed by atoms with van der Waals surface area (Å²) in [6, 6.07) is 6.61. The molecule has 0 radical (unpaired) electrons. The molecule has 1 aromatic heterocycles. The third kappa shape index (κ3) is 1.85. The van der Waals surface area contributed by atoms with Crippen LogP contribution in [0, 0.1) is 13.8 Å². The molecule has 0 amide bonds. The molecule has 2 aromatic rings. The van der Waals surface area contributed by atoms with Gasteiger partial charge in [-0.25, -0.2) is 0 Å². The number of likely N-dealkylation sites (N-methyl/N-ethyl adjacent to an activating group) is 1. The maximum atomic E-state index is 3.31.